The van der Waals surface area contributed by atoms with Gasteiger partial charge in [0.2, 0.25) is 11.6 Å². The lowest BCUT2D eigenvalue weighted by atomic mass is 10.0. The molecule has 2 aromatic carbocycles. The Balaban J connectivity index is 1.37. The van der Waals surface area contributed by atoms with Gasteiger partial charge in [-0.1, -0.05) is 67.6 Å². The Morgan fingerprint density at radius 2 is 1.80 bits per heavy atom. The van der Waals surface area contributed by atoms with Gasteiger partial charge in [0.05, 0.1) is 6.54 Å². The second-order valence-corrected chi connectivity index (χ2v) is 8.19. The fourth-order valence-electron chi connectivity index (χ4n) is 3.94. The van der Waals surface area contributed by atoms with Crippen LogP contribution in [0.2, 0.25) is 0 Å². The minimum Gasteiger partial charge on any atom is -0.290 e. The number of aryl methyl sites for hydroxylation is 1. The lowest BCUT2D eigenvalue weighted by Crippen LogP contribution is -2.09. The van der Waals surface area contributed by atoms with Crippen LogP contribution in [0.25, 0.3) is 22.6 Å². The molecule has 0 atom stereocenters. The number of aromatic amines is 1. The van der Waals surface area contributed by atoms with Crippen LogP contribution in [0.1, 0.15) is 40.9 Å². The van der Waals surface area contributed by atoms with E-state index in [2.05, 4.69) is 42.6 Å². The zero-order valence-electron chi connectivity index (χ0n) is 19.3. The van der Waals surface area contributed by atoms with Gasteiger partial charge in [-0.25, -0.2) is 14.8 Å². The number of carbonyl (C=O) groups excluding carboxylic acids is 1. The summed E-state index contributed by atoms with van der Waals surface area (Å²) in [6.45, 7) is 2.63. The molecule has 0 aliphatic carbocycles. The van der Waals surface area contributed by atoms with Crippen LogP contribution in [0, 0.1) is 0 Å². The minimum atomic E-state index is -0.0753. The SMILES string of the molecule is CCCc1nc(C(=O)Cc2ccccc2)nn1Cc1ccc(-c2cccnc2-c2nnn[nH]2)cc1. The topological polar surface area (TPSA) is 115 Å². The maximum atomic E-state index is 12.8. The normalized spacial score (nSPS) is 11.0. The van der Waals surface area contributed by atoms with Crippen LogP contribution < -0.4 is 0 Å². The molecular weight excluding hydrogens is 440 g/mol. The summed E-state index contributed by atoms with van der Waals surface area (Å²) < 4.78 is 1.84. The molecule has 9 heteroatoms. The molecule has 0 amide bonds. The molecule has 0 aliphatic heterocycles. The Labute approximate surface area is 202 Å². The van der Waals surface area contributed by atoms with E-state index in [9.17, 15) is 4.79 Å². The molecule has 9 nitrogen and oxygen atoms in total. The number of hydrogen-bond acceptors (Lipinski definition) is 7. The number of rotatable bonds is 9. The van der Waals surface area contributed by atoms with Crippen molar-refractivity contribution in [3.05, 3.63) is 95.7 Å². The molecule has 0 aliphatic rings. The molecule has 5 aromatic rings. The highest BCUT2D eigenvalue weighted by Crippen LogP contribution is 2.28. The predicted molar refractivity (Wildman–Crippen MR) is 130 cm³/mol. The second-order valence-electron chi connectivity index (χ2n) is 8.19. The zero-order chi connectivity index (χ0) is 24.0. The molecule has 0 fully saturated rings. The van der Waals surface area contributed by atoms with Crippen molar-refractivity contribution >= 4 is 5.78 Å². The van der Waals surface area contributed by atoms with Crippen LogP contribution in [-0.2, 0) is 19.4 Å². The van der Waals surface area contributed by atoms with Crippen LogP contribution in [0.3, 0.4) is 0 Å². The highest BCUT2D eigenvalue weighted by molar-refractivity contribution is 5.94. The quantitative estimate of drug-likeness (QED) is 0.328. The highest BCUT2D eigenvalue weighted by Gasteiger charge is 2.17. The van der Waals surface area contributed by atoms with Gasteiger partial charge >= 0.3 is 0 Å². The third-order valence-electron chi connectivity index (χ3n) is 5.65. The van der Waals surface area contributed by atoms with E-state index < -0.39 is 0 Å². The standard InChI is InChI=1S/C26H24N8O/c1-2-7-23-28-25(22(35)16-18-8-4-3-5-9-18)31-34(23)17-19-11-13-20(14-12-19)21-10-6-15-27-24(21)26-29-32-33-30-26/h3-6,8-15H,2,7,16-17H2,1H3,(H,29,30,32,33). The number of Topliss-reactive ketones (excluding diaryl/α,β-unsaturated/α-hetero) is 1. The van der Waals surface area contributed by atoms with Crippen molar-refractivity contribution < 1.29 is 4.79 Å². The zero-order valence-corrected chi connectivity index (χ0v) is 19.3. The van der Waals surface area contributed by atoms with Crippen molar-refractivity contribution in [3.8, 4) is 22.6 Å². The largest absolute Gasteiger partial charge is 0.290 e. The van der Waals surface area contributed by atoms with E-state index in [1.54, 1.807) is 6.20 Å². The van der Waals surface area contributed by atoms with E-state index >= 15 is 0 Å². The first kappa shape index (κ1) is 22.3. The predicted octanol–water partition coefficient (Wildman–Crippen LogP) is 3.95. The van der Waals surface area contributed by atoms with Gasteiger partial charge in [-0.15, -0.1) is 10.2 Å². The third-order valence-corrected chi connectivity index (χ3v) is 5.65. The summed E-state index contributed by atoms with van der Waals surface area (Å²) in [7, 11) is 0. The van der Waals surface area contributed by atoms with Gasteiger partial charge in [0, 0.05) is 24.6 Å². The number of nitrogens with one attached hydrogen (secondary N) is 1. The Hall–Kier alpha value is -4.53. The highest BCUT2D eigenvalue weighted by atomic mass is 16.1. The van der Waals surface area contributed by atoms with Crippen molar-refractivity contribution in [2.45, 2.75) is 32.7 Å². The van der Waals surface area contributed by atoms with Crippen molar-refractivity contribution in [2.75, 3.05) is 0 Å². The number of aromatic nitrogens is 8. The summed E-state index contributed by atoms with van der Waals surface area (Å²) in [5.74, 6) is 1.54. The molecule has 174 valence electrons. The first-order valence-electron chi connectivity index (χ1n) is 11.5. The van der Waals surface area contributed by atoms with Crippen LogP contribution in [0.5, 0.6) is 0 Å². The van der Waals surface area contributed by atoms with E-state index in [-0.39, 0.29) is 11.6 Å². The molecule has 0 saturated heterocycles. The third kappa shape index (κ3) is 5.03. The minimum absolute atomic E-state index is 0.0753. The van der Waals surface area contributed by atoms with Gasteiger partial charge in [0.15, 0.2) is 5.82 Å². The number of hydrogen-bond donors (Lipinski definition) is 1. The van der Waals surface area contributed by atoms with Crippen molar-refractivity contribution in [1.82, 2.24) is 40.4 Å². The van der Waals surface area contributed by atoms with Gasteiger partial charge < -0.3 is 0 Å². The molecule has 3 heterocycles. The lowest BCUT2D eigenvalue weighted by molar-refractivity contribution is 0.0982. The van der Waals surface area contributed by atoms with Crippen LogP contribution >= 0.6 is 0 Å². The van der Waals surface area contributed by atoms with E-state index in [1.165, 1.54) is 0 Å². The number of tetrazole rings is 1. The Morgan fingerprint density at radius 3 is 2.54 bits per heavy atom. The molecular formula is C26H24N8O. The molecule has 35 heavy (non-hydrogen) atoms. The molecule has 3 aromatic heterocycles. The monoisotopic (exact) mass is 464 g/mol. The van der Waals surface area contributed by atoms with Crippen LogP contribution in [-0.4, -0.2) is 46.2 Å². The smallest absolute Gasteiger partial charge is 0.217 e. The van der Waals surface area contributed by atoms with Crippen LogP contribution in [0.4, 0.5) is 0 Å². The number of ketones is 1. The molecule has 0 unspecified atom stereocenters. The summed E-state index contributed by atoms with van der Waals surface area (Å²) in [6, 6.07) is 21.7. The number of carbonyl (C=O) groups is 1. The molecule has 1 N–H and O–H groups in total. The first-order valence-corrected chi connectivity index (χ1v) is 11.5. The molecule has 0 bridgehead atoms. The van der Waals surface area contributed by atoms with E-state index in [0.29, 0.717) is 24.5 Å². The van der Waals surface area contributed by atoms with Gasteiger partial charge in [-0.2, -0.15) is 0 Å². The number of H-pyrrole nitrogens is 1. The van der Waals surface area contributed by atoms with Gasteiger partial charge in [-0.3, -0.25) is 9.78 Å². The molecule has 0 radical (unpaired) electrons. The molecule has 0 spiro atoms. The summed E-state index contributed by atoms with van der Waals surface area (Å²) in [6.07, 6.45) is 3.68. The number of pyridine rings is 1. The van der Waals surface area contributed by atoms with Crippen LogP contribution in [0.15, 0.2) is 72.9 Å². The Kier molecular flexibility index (Phi) is 6.47. The van der Waals surface area contributed by atoms with E-state index in [0.717, 1.165) is 40.9 Å². The molecule has 5 rings (SSSR count). The summed E-state index contributed by atoms with van der Waals surface area (Å²) in [4.78, 5) is 21.8. The summed E-state index contributed by atoms with van der Waals surface area (Å²) in [5.41, 5.74) is 4.63. The first-order chi connectivity index (χ1) is 17.2. The number of benzene rings is 2. The Bertz CT molecular complexity index is 1410. The maximum Gasteiger partial charge on any atom is 0.217 e. The van der Waals surface area contributed by atoms with Gasteiger partial charge in [0.1, 0.15) is 11.5 Å². The Morgan fingerprint density at radius 1 is 0.971 bits per heavy atom. The van der Waals surface area contributed by atoms with Crippen molar-refractivity contribution in [1.29, 1.82) is 0 Å². The van der Waals surface area contributed by atoms with Gasteiger partial charge in [0.25, 0.3) is 0 Å². The van der Waals surface area contributed by atoms with E-state index in [1.807, 2.05) is 71.4 Å². The average molecular weight is 465 g/mol. The summed E-state index contributed by atoms with van der Waals surface area (Å²) in [5, 5.41) is 18.6. The lowest BCUT2D eigenvalue weighted by Gasteiger charge is -2.09. The van der Waals surface area contributed by atoms with Gasteiger partial charge in [-0.05, 0) is 39.6 Å². The number of nitrogens with zero attached hydrogens (tertiary/aromatic N) is 7. The van der Waals surface area contributed by atoms with Crippen molar-refractivity contribution in [2.24, 2.45) is 0 Å². The van der Waals surface area contributed by atoms with Crippen molar-refractivity contribution in [3.63, 3.8) is 0 Å². The molecule has 0 saturated carbocycles. The second kappa shape index (κ2) is 10.2. The summed E-state index contributed by atoms with van der Waals surface area (Å²) >= 11 is 0. The fourth-order valence-corrected chi connectivity index (χ4v) is 3.94. The average Bonchev–Trinajstić information content (AvgIpc) is 3.56. The maximum absolute atomic E-state index is 12.8. The fraction of sp³-hybridized carbons (Fsp3) is 0.192. The van der Waals surface area contributed by atoms with E-state index in [4.69, 9.17) is 0 Å².